The highest BCUT2D eigenvalue weighted by molar-refractivity contribution is 5.84. The molecule has 0 fully saturated rings. The van der Waals surface area contributed by atoms with Crippen molar-refractivity contribution in [3.63, 3.8) is 0 Å². The molecule has 0 atom stereocenters. The Labute approximate surface area is 170 Å². The van der Waals surface area contributed by atoms with Gasteiger partial charge in [-0.05, 0) is 11.6 Å². The average Bonchev–Trinajstić information content (AvgIpc) is 3.18. The summed E-state index contributed by atoms with van der Waals surface area (Å²) in [6.45, 7) is 8.82. The molecule has 4 aromatic rings. The Bertz CT molecular complexity index is 1040. The van der Waals surface area contributed by atoms with Crippen molar-refractivity contribution in [2.24, 2.45) is 0 Å². The Kier molecular flexibility index (Phi) is 8.50. The summed E-state index contributed by atoms with van der Waals surface area (Å²) in [5, 5.41) is 14.6. The normalized spacial score (nSPS) is 9.79. The summed E-state index contributed by atoms with van der Waals surface area (Å²) in [5.41, 5.74) is 2.02. The first-order valence-electron chi connectivity index (χ1n) is 9.79. The smallest absolute Gasteiger partial charge is 0.269 e. The second kappa shape index (κ2) is 11.3. The Morgan fingerprint density at radius 2 is 1.69 bits per heavy atom. The molecular formula is C21H27N7O. The molecule has 8 nitrogen and oxygen atoms in total. The van der Waals surface area contributed by atoms with Gasteiger partial charge in [-0.2, -0.15) is 10.2 Å². The minimum Gasteiger partial charge on any atom is -0.359 e. The maximum atomic E-state index is 12.2. The van der Waals surface area contributed by atoms with Gasteiger partial charge in [0.1, 0.15) is 5.82 Å². The lowest BCUT2D eigenvalue weighted by Gasteiger charge is -2.05. The van der Waals surface area contributed by atoms with E-state index in [1.54, 1.807) is 18.5 Å². The first-order valence-corrected chi connectivity index (χ1v) is 9.79. The molecule has 0 saturated heterocycles. The van der Waals surface area contributed by atoms with E-state index in [9.17, 15) is 4.79 Å². The minimum absolute atomic E-state index is 0.182. The van der Waals surface area contributed by atoms with Crippen molar-refractivity contribution in [3.05, 3.63) is 76.6 Å². The zero-order chi connectivity index (χ0) is 21.1. The van der Waals surface area contributed by atoms with Crippen LogP contribution in [-0.4, -0.2) is 29.9 Å². The Balaban J connectivity index is 0.000000707. The van der Waals surface area contributed by atoms with E-state index >= 15 is 0 Å². The van der Waals surface area contributed by atoms with Gasteiger partial charge in [0.15, 0.2) is 11.3 Å². The number of nitrogens with zero attached hydrogens (tertiary/aromatic N) is 5. The molecule has 8 heteroatoms. The van der Waals surface area contributed by atoms with Crippen LogP contribution in [0.5, 0.6) is 0 Å². The predicted molar refractivity (Wildman–Crippen MR) is 116 cm³/mol. The maximum Gasteiger partial charge on any atom is 0.269 e. The van der Waals surface area contributed by atoms with Crippen LogP contribution >= 0.6 is 0 Å². The first kappa shape index (κ1) is 21.7. The van der Waals surface area contributed by atoms with Crippen LogP contribution in [0.4, 0.5) is 5.82 Å². The standard InChI is InChI=1S/C17H15N7O.2C2H6/c25-15-9-13-16(23-24(15)11-12-5-2-1-3-6-12)17(22-21-13)20-10-14-18-7-4-8-19-14;2*1-2/h1-9,21H,10-11H2,(H,20,22);2*1-2H3. The van der Waals surface area contributed by atoms with Gasteiger partial charge in [0.05, 0.1) is 18.6 Å². The van der Waals surface area contributed by atoms with Gasteiger partial charge in [-0.1, -0.05) is 58.0 Å². The van der Waals surface area contributed by atoms with Crippen molar-refractivity contribution in [2.75, 3.05) is 5.32 Å². The van der Waals surface area contributed by atoms with Gasteiger partial charge in [0, 0.05) is 18.5 Å². The third kappa shape index (κ3) is 5.71. The second-order valence-electron chi connectivity index (χ2n) is 5.48. The zero-order valence-corrected chi connectivity index (χ0v) is 17.3. The van der Waals surface area contributed by atoms with E-state index in [1.807, 2.05) is 58.0 Å². The van der Waals surface area contributed by atoms with Crippen molar-refractivity contribution in [3.8, 4) is 0 Å². The molecular weight excluding hydrogens is 366 g/mol. The van der Waals surface area contributed by atoms with Gasteiger partial charge in [-0.3, -0.25) is 9.89 Å². The molecule has 0 spiro atoms. The number of rotatable bonds is 5. The van der Waals surface area contributed by atoms with Crippen molar-refractivity contribution >= 4 is 16.9 Å². The molecule has 0 unspecified atom stereocenters. The summed E-state index contributed by atoms with van der Waals surface area (Å²) in [5.74, 6) is 1.21. The van der Waals surface area contributed by atoms with Crippen molar-refractivity contribution < 1.29 is 0 Å². The highest BCUT2D eigenvalue weighted by Gasteiger charge is 2.11. The second-order valence-corrected chi connectivity index (χ2v) is 5.48. The number of benzene rings is 1. The van der Waals surface area contributed by atoms with Crippen molar-refractivity contribution in [1.82, 2.24) is 29.9 Å². The van der Waals surface area contributed by atoms with E-state index in [4.69, 9.17) is 0 Å². The van der Waals surface area contributed by atoms with E-state index in [0.29, 0.717) is 35.8 Å². The fraction of sp³-hybridized carbons (Fsp3) is 0.286. The third-order valence-corrected chi connectivity index (χ3v) is 3.72. The van der Waals surface area contributed by atoms with Crippen molar-refractivity contribution in [2.45, 2.75) is 40.8 Å². The lowest BCUT2D eigenvalue weighted by atomic mass is 10.2. The third-order valence-electron chi connectivity index (χ3n) is 3.72. The van der Waals surface area contributed by atoms with Gasteiger partial charge >= 0.3 is 0 Å². The van der Waals surface area contributed by atoms with Gasteiger partial charge < -0.3 is 5.32 Å². The molecule has 3 aromatic heterocycles. The number of hydrogen-bond donors (Lipinski definition) is 2. The van der Waals surface area contributed by atoms with Crippen LogP contribution in [0, 0.1) is 0 Å². The maximum absolute atomic E-state index is 12.2. The average molecular weight is 393 g/mol. The molecule has 1 aromatic carbocycles. The zero-order valence-electron chi connectivity index (χ0n) is 17.3. The number of aromatic amines is 1. The molecule has 0 amide bonds. The molecule has 152 valence electrons. The molecule has 0 bridgehead atoms. The minimum atomic E-state index is -0.182. The number of nitrogens with one attached hydrogen (secondary N) is 2. The van der Waals surface area contributed by atoms with Gasteiger partial charge in [-0.15, -0.1) is 0 Å². The summed E-state index contributed by atoms with van der Waals surface area (Å²) in [6.07, 6.45) is 3.37. The van der Waals surface area contributed by atoms with Crippen LogP contribution in [0.3, 0.4) is 0 Å². The lowest BCUT2D eigenvalue weighted by molar-refractivity contribution is 0.653. The molecule has 4 rings (SSSR count). The molecule has 0 radical (unpaired) electrons. The highest BCUT2D eigenvalue weighted by Crippen LogP contribution is 2.16. The molecule has 29 heavy (non-hydrogen) atoms. The van der Waals surface area contributed by atoms with Crippen LogP contribution in [0.1, 0.15) is 39.1 Å². The summed E-state index contributed by atoms with van der Waals surface area (Å²) < 4.78 is 1.43. The van der Waals surface area contributed by atoms with Crippen LogP contribution in [-0.2, 0) is 13.1 Å². The summed E-state index contributed by atoms with van der Waals surface area (Å²) in [7, 11) is 0. The SMILES string of the molecule is CC.CC.O=c1cc2[nH]nc(NCc3ncccn3)c2nn1Cc1ccccc1. The molecule has 0 aliphatic carbocycles. The molecule has 2 N–H and O–H groups in total. The largest absolute Gasteiger partial charge is 0.359 e. The molecule has 0 saturated carbocycles. The summed E-state index contributed by atoms with van der Waals surface area (Å²) >= 11 is 0. The van der Waals surface area contributed by atoms with Crippen LogP contribution in [0.25, 0.3) is 11.0 Å². The van der Waals surface area contributed by atoms with E-state index < -0.39 is 0 Å². The molecule has 3 heterocycles. The molecule has 0 aliphatic rings. The van der Waals surface area contributed by atoms with E-state index in [2.05, 4.69) is 30.6 Å². The van der Waals surface area contributed by atoms with E-state index in [0.717, 1.165) is 5.56 Å². The number of aromatic nitrogens is 6. The summed E-state index contributed by atoms with van der Waals surface area (Å²) in [4.78, 5) is 20.6. The highest BCUT2D eigenvalue weighted by atomic mass is 16.1. The number of H-pyrrole nitrogens is 1. The summed E-state index contributed by atoms with van der Waals surface area (Å²) in [6, 6.07) is 13.0. The van der Waals surface area contributed by atoms with Crippen LogP contribution in [0.2, 0.25) is 0 Å². The monoisotopic (exact) mass is 393 g/mol. The number of fused-ring (bicyclic) bond motifs is 1. The topological polar surface area (TPSA) is 101 Å². The lowest BCUT2D eigenvalue weighted by Crippen LogP contribution is -2.22. The van der Waals surface area contributed by atoms with Gasteiger partial charge in [-0.25, -0.2) is 14.6 Å². The number of anilines is 1. The van der Waals surface area contributed by atoms with Crippen LogP contribution in [0.15, 0.2) is 59.7 Å². The van der Waals surface area contributed by atoms with Crippen molar-refractivity contribution in [1.29, 1.82) is 0 Å². The molecule has 0 aliphatic heterocycles. The quantitative estimate of drug-likeness (QED) is 0.537. The van der Waals surface area contributed by atoms with E-state index in [-0.39, 0.29) is 5.56 Å². The van der Waals surface area contributed by atoms with Gasteiger partial charge in [0.25, 0.3) is 5.56 Å². The predicted octanol–water partition coefficient (Wildman–Crippen LogP) is 3.62. The van der Waals surface area contributed by atoms with Crippen LogP contribution < -0.4 is 10.9 Å². The first-order chi connectivity index (χ1) is 14.3. The van der Waals surface area contributed by atoms with Gasteiger partial charge in [0.2, 0.25) is 0 Å². The fourth-order valence-electron chi connectivity index (χ4n) is 2.50. The fourth-order valence-corrected chi connectivity index (χ4v) is 2.50. The Morgan fingerprint density at radius 1 is 1.00 bits per heavy atom. The Hall–Kier alpha value is -3.55. The Morgan fingerprint density at radius 3 is 2.38 bits per heavy atom. The van der Waals surface area contributed by atoms with E-state index in [1.165, 1.54) is 10.7 Å². The number of hydrogen-bond acceptors (Lipinski definition) is 6.